The summed E-state index contributed by atoms with van der Waals surface area (Å²) in [5.74, 6) is -0.763. The number of nitrogens with one attached hydrogen (secondary N) is 1. The molecule has 0 aliphatic rings. The topological polar surface area (TPSA) is 62.2 Å². The van der Waals surface area contributed by atoms with Gasteiger partial charge in [0.25, 0.3) is 0 Å². The number of halogens is 1. The van der Waals surface area contributed by atoms with Gasteiger partial charge in [-0.05, 0) is 40.9 Å². The van der Waals surface area contributed by atoms with Crippen molar-refractivity contribution in [1.29, 1.82) is 0 Å². The van der Waals surface area contributed by atoms with E-state index in [9.17, 15) is 4.79 Å². The molecule has 4 nitrogen and oxygen atoms in total. The summed E-state index contributed by atoms with van der Waals surface area (Å²) < 4.78 is 0.932. The zero-order valence-electron chi connectivity index (χ0n) is 10.0. The number of nitrogens with zero attached hydrogens (tertiary/aromatic N) is 1. The average molecular weight is 301 g/mol. The Morgan fingerprint density at radius 2 is 2.35 bits per heavy atom. The first-order valence-electron chi connectivity index (χ1n) is 5.52. The van der Waals surface area contributed by atoms with Gasteiger partial charge >= 0.3 is 5.97 Å². The Morgan fingerprint density at radius 3 is 2.88 bits per heavy atom. The highest BCUT2D eigenvalue weighted by Crippen LogP contribution is 2.20. The fraction of sp³-hybridized carbons (Fsp3) is 0.500. The minimum Gasteiger partial charge on any atom is -0.481 e. The third kappa shape index (κ3) is 3.78. The normalized spacial score (nSPS) is 14.3. The van der Waals surface area contributed by atoms with Gasteiger partial charge < -0.3 is 10.4 Å². The first-order chi connectivity index (χ1) is 7.99. The van der Waals surface area contributed by atoms with E-state index in [-0.39, 0.29) is 0 Å². The summed E-state index contributed by atoms with van der Waals surface area (Å²) in [5.41, 5.74) is 0.364. The molecule has 0 bridgehead atoms. The van der Waals surface area contributed by atoms with E-state index in [1.54, 1.807) is 19.3 Å². The SMILES string of the molecule is CCC(C)(CNCc1ccncc1Br)C(=O)O. The Kier molecular flexibility index (Phi) is 5.08. The van der Waals surface area contributed by atoms with Crippen molar-refractivity contribution >= 4 is 21.9 Å². The largest absolute Gasteiger partial charge is 0.481 e. The maximum atomic E-state index is 11.1. The molecule has 1 aromatic heterocycles. The summed E-state index contributed by atoms with van der Waals surface area (Å²) in [6.07, 6.45) is 4.05. The summed E-state index contributed by atoms with van der Waals surface area (Å²) in [7, 11) is 0. The molecule has 0 radical (unpaired) electrons. The lowest BCUT2D eigenvalue weighted by Crippen LogP contribution is -2.37. The Bertz CT molecular complexity index is 398. The van der Waals surface area contributed by atoms with Crippen molar-refractivity contribution in [3.63, 3.8) is 0 Å². The summed E-state index contributed by atoms with van der Waals surface area (Å²) in [6, 6.07) is 1.90. The monoisotopic (exact) mass is 300 g/mol. The highest BCUT2D eigenvalue weighted by atomic mass is 79.9. The lowest BCUT2D eigenvalue weighted by atomic mass is 9.88. The fourth-order valence-corrected chi connectivity index (χ4v) is 1.76. The average Bonchev–Trinajstić information content (AvgIpc) is 2.31. The molecular formula is C12H17BrN2O2. The highest BCUT2D eigenvalue weighted by Gasteiger charge is 2.30. The Morgan fingerprint density at radius 1 is 1.65 bits per heavy atom. The van der Waals surface area contributed by atoms with Crippen molar-refractivity contribution < 1.29 is 9.90 Å². The van der Waals surface area contributed by atoms with Crippen molar-refractivity contribution in [2.45, 2.75) is 26.8 Å². The van der Waals surface area contributed by atoms with Crippen LogP contribution in [0.2, 0.25) is 0 Å². The van der Waals surface area contributed by atoms with Gasteiger partial charge in [0.05, 0.1) is 5.41 Å². The minimum absolute atomic E-state index is 0.452. The van der Waals surface area contributed by atoms with Crippen LogP contribution in [0.25, 0.3) is 0 Å². The molecule has 5 heteroatoms. The van der Waals surface area contributed by atoms with E-state index in [2.05, 4.69) is 26.2 Å². The van der Waals surface area contributed by atoms with Crippen LogP contribution in [-0.2, 0) is 11.3 Å². The van der Waals surface area contributed by atoms with Crippen LogP contribution in [0.15, 0.2) is 22.9 Å². The maximum absolute atomic E-state index is 11.1. The van der Waals surface area contributed by atoms with Crippen LogP contribution in [0.5, 0.6) is 0 Å². The van der Waals surface area contributed by atoms with Gasteiger partial charge in [0, 0.05) is 30.0 Å². The van der Waals surface area contributed by atoms with Crippen molar-refractivity contribution in [1.82, 2.24) is 10.3 Å². The molecule has 1 aromatic rings. The van der Waals surface area contributed by atoms with Crippen molar-refractivity contribution in [2.24, 2.45) is 5.41 Å². The number of carboxylic acids is 1. The summed E-state index contributed by atoms with van der Waals surface area (Å²) in [6.45, 7) is 4.72. The van der Waals surface area contributed by atoms with Gasteiger partial charge in [0.2, 0.25) is 0 Å². The number of aromatic nitrogens is 1. The van der Waals surface area contributed by atoms with E-state index in [4.69, 9.17) is 5.11 Å². The van der Waals surface area contributed by atoms with Crippen LogP contribution in [0.4, 0.5) is 0 Å². The molecule has 1 rings (SSSR count). The van der Waals surface area contributed by atoms with Crippen molar-refractivity contribution in [3.8, 4) is 0 Å². The van der Waals surface area contributed by atoms with Crippen LogP contribution in [-0.4, -0.2) is 22.6 Å². The quantitative estimate of drug-likeness (QED) is 0.847. The van der Waals surface area contributed by atoms with E-state index in [0.29, 0.717) is 19.5 Å². The number of aliphatic carboxylic acids is 1. The standard InChI is InChI=1S/C12H17BrN2O2/c1-3-12(2,11(16)17)8-15-6-9-4-5-14-7-10(9)13/h4-5,7,15H,3,6,8H2,1-2H3,(H,16,17). The van der Waals surface area contributed by atoms with Crippen LogP contribution in [0.1, 0.15) is 25.8 Å². The predicted molar refractivity (Wildman–Crippen MR) is 69.7 cm³/mol. The molecular weight excluding hydrogens is 284 g/mol. The van der Waals surface area contributed by atoms with E-state index in [1.165, 1.54) is 0 Å². The predicted octanol–water partition coefficient (Wildman–Crippen LogP) is 2.43. The fourth-order valence-electron chi connectivity index (χ4n) is 1.37. The Balaban J connectivity index is 2.53. The molecule has 94 valence electrons. The van der Waals surface area contributed by atoms with Gasteiger partial charge in [-0.15, -0.1) is 0 Å². The summed E-state index contributed by atoms with van der Waals surface area (Å²) >= 11 is 3.40. The molecule has 1 unspecified atom stereocenters. The molecule has 0 spiro atoms. The minimum atomic E-state index is -0.763. The number of carboxylic acid groups (broad SMARTS) is 1. The Hall–Kier alpha value is -0.940. The summed E-state index contributed by atoms with van der Waals surface area (Å²) in [4.78, 5) is 15.1. The van der Waals surface area contributed by atoms with Crippen molar-refractivity contribution in [3.05, 3.63) is 28.5 Å². The number of rotatable bonds is 6. The molecule has 17 heavy (non-hydrogen) atoms. The van der Waals surface area contributed by atoms with E-state index >= 15 is 0 Å². The number of carbonyl (C=O) groups is 1. The molecule has 1 atom stereocenters. The lowest BCUT2D eigenvalue weighted by Gasteiger charge is -2.23. The molecule has 0 amide bonds. The molecule has 0 aliphatic heterocycles. The van der Waals surface area contributed by atoms with Gasteiger partial charge in [-0.2, -0.15) is 0 Å². The molecule has 0 aromatic carbocycles. The second-order valence-corrected chi connectivity index (χ2v) is 5.14. The molecule has 2 N–H and O–H groups in total. The van der Waals surface area contributed by atoms with Gasteiger partial charge in [-0.3, -0.25) is 9.78 Å². The molecule has 0 fully saturated rings. The zero-order chi connectivity index (χ0) is 12.9. The van der Waals surface area contributed by atoms with E-state index in [0.717, 1.165) is 10.0 Å². The Labute approximate surface area is 110 Å². The molecule has 0 saturated heterocycles. The van der Waals surface area contributed by atoms with Gasteiger partial charge in [0.1, 0.15) is 0 Å². The van der Waals surface area contributed by atoms with Gasteiger partial charge in [-0.1, -0.05) is 6.92 Å². The van der Waals surface area contributed by atoms with Gasteiger partial charge in [0.15, 0.2) is 0 Å². The summed E-state index contributed by atoms with van der Waals surface area (Å²) in [5, 5.41) is 12.3. The first kappa shape index (κ1) is 14.1. The van der Waals surface area contributed by atoms with Crippen molar-refractivity contribution in [2.75, 3.05) is 6.54 Å². The zero-order valence-corrected chi connectivity index (χ0v) is 11.6. The van der Waals surface area contributed by atoms with Gasteiger partial charge in [-0.25, -0.2) is 0 Å². The lowest BCUT2D eigenvalue weighted by molar-refractivity contribution is -0.147. The van der Waals surface area contributed by atoms with E-state index < -0.39 is 11.4 Å². The number of hydrogen-bond acceptors (Lipinski definition) is 3. The number of hydrogen-bond donors (Lipinski definition) is 2. The molecule has 0 saturated carbocycles. The van der Waals surface area contributed by atoms with E-state index in [1.807, 2.05) is 13.0 Å². The van der Waals surface area contributed by atoms with Crippen LogP contribution >= 0.6 is 15.9 Å². The smallest absolute Gasteiger partial charge is 0.310 e. The van der Waals surface area contributed by atoms with Crippen LogP contribution < -0.4 is 5.32 Å². The van der Waals surface area contributed by atoms with Crippen LogP contribution in [0, 0.1) is 5.41 Å². The first-order valence-corrected chi connectivity index (χ1v) is 6.31. The second-order valence-electron chi connectivity index (χ2n) is 4.29. The number of pyridine rings is 1. The highest BCUT2D eigenvalue weighted by molar-refractivity contribution is 9.10. The van der Waals surface area contributed by atoms with Crippen LogP contribution in [0.3, 0.4) is 0 Å². The third-order valence-electron chi connectivity index (χ3n) is 2.98. The third-order valence-corrected chi connectivity index (χ3v) is 3.70. The maximum Gasteiger partial charge on any atom is 0.310 e. The second kappa shape index (κ2) is 6.12. The molecule has 0 aliphatic carbocycles. The molecule has 1 heterocycles.